The van der Waals surface area contributed by atoms with Gasteiger partial charge in [-0.3, -0.25) is 0 Å². The Morgan fingerprint density at radius 2 is 1.84 bits per heavy atom. The van der Waals surface area contributed by atoms with Gasteiger partial charge in [-0.15, -0.1) is 11.3 Å². The van der Waals surface area contributed by atoms with E-state index in [0.717, 1.165) is 16.5 Å². The van der Waals surface area contributed by atoms with E-state index in [9.17, 15) is 13.2 Å². The zero-order valence-corrected chi connectivity index (χ0v) is 11.5. The Kier molecular flexibility index (Phi) is 3.85. The molecule has 0 spiro atoms. The predicted octanol–water partition coefficient (Wildman–Crippen LogP) is 5.00. The van der Waals surface area contributed by atoms with Gasteiger partial charge < -0.3 is 5.32 Å². The van der Waals surface area contributed by atoms with Gasteiger partial charge in [0.15, 0.2) is 0 Å². The molecule has 0 aliphatic heterocycles. The molecule has 1 aromatic heterocycles. The number of hydrogen-bond acceptors (Lipinski definition) is 2. The molecule has 0 atom stereocenters. The number of halogens is 3. The molecule has 0 saturated carbocycles. The summed E-state index contributed by atoms with van der Waals surface area (Å²) in [6.07, 6.45) is -4.30. The van der Waals surface area contributed by atoms with Crippen molar-refractivity contribution in [2.24, 2.45) is 0 Å². The molecular weight excluding hydrogens is 271 g/mol. The fraction of sp³-hybridized carbons (Fsp3) is 0.286. The van der Waals surface area contributed by atoms with E-state index < -0.39 is 11.7 Å². The van der Waals surface area contributed by atoms with Crippen LogP contribution in [0.15, 0.2) is 29.6 Å². The lowest BCUT2D eigenvalue weighted by atomic mass is 10.1. The van der Waals surface area contributed by atoms with Crippen LogP contribution in [-0.2, 0) is 12.7 Å². The van der Waals surface area contributed by atoms with Gasteiger partial charge in [-0.05, 0) is 48.6 Å². The van der Waals surface area contributed by atoms with Crippen molar-refractivity contribution in [3.63, 3.8) is 0 Å². The fourth-order valence-electron chi connectivity index (χ4n) is 1.80. The third-order valence-electron chi connectivity index (χ3n) is 2.96. The molecule has 1 N–H and O–H groups in total. The molecule has 0 saturated heterocycles. The summed E-state index contributed by atoms with van der Waals surface area (Å²) < 4.78 is 38.3. The highest BCUT2D eigenvalue weighted by atomic mass is 32.1. The molecule has 0 amide bonds. The van der Waals surface area contributed by atoms with Crippen molar-refractivity contribution >= 4 is 17.0 Å². The Labute approximate surface area is 114 Å². The van der Waals surface area contributed by atoms with Crippen molar-refractivity contribution in [2.75, 3.05) is 5.32 Å². The average Bonchev–Trinajstić information content (AvgIpc) is 2.72. The SMILES string of the molecule is Cc1ccc(NCc2sccc2C)cc1C(F)(F)F. The average molecular weight is 285 g/mol. The van der Waals surface area contributed by atoms with Crippen LogP contribution < -0.4 is 5.32 Å². The Balaban J connectivity index is 2.16. The number of alkyl halides is 3. The number of thiophene rings is 1. The number of rotatable bonds is 3. The molecule has 0 unspecified atom stereocenters. The number of anilines is 1. The van der Waals surface area contributed by atoms with Gasteiger partial charge in [-0.1, -0.05) is 6.07 Å². The summed E-state index contributed by atoms with van der Waals surface area (Å²) in [6.45, 7) is 4.00. The normalized spacial score (nSPS) is 11.6. The fourth-order valence-corrected chi connectivity index (χ4v) is 2.65. The van der Waals surface area contributed by atoms with E-state index in [-0.39, 0.29) is 5.56 Å². The second-order valence-corrected chi connectivity index (χ2v) is 5.41. The van der Waals surface area contributed by atoms with Crippen LogP contribution in [0.3, 0.4) is 0 Å². The van der Waals surface area contributed by atoms with Crippen molar-refractivity contribution in [1.82, 2.24) is 0 Å². The zero-order valence-electron chi connectivity index (χ0n) is 10.6. The van der Waals surface area contributed by atoms with Gasteiger partial charge in [-0.2, -0.15) is 13.2 Å². The van der Waals surface area contributed by atoms with E-state index in [2.05, 4.69) is 5.32 Å². The Morgan fingerprint density at radius 1 is 1.11 bits per heavy atom. The van der Waals surface area contributed by atoms with Crippen molar-refractivity contribution in [2.45, 2.75) is 26.6 Å². The van der Waals surface area contributed by atoms with Gasteiger partial charge >= 0.3 is 6.18 Å². The van der Waals surface area contributed by atoms with Crippen molar-refractivity contribution in [3.05, 3.63) is 51.2 Å². The van der Waals surface area contributed by atoms with Gasteiger partial charge in [0.05, 0.1) is 5.56 Å². The van der Waals surface area contributed by atoms with Crippen LogP contribution in [0.5, 0.6) is 0 Å². The summed E-state index contributed by atoms with van der Waals surface area (Å²) in [7, 11) is 0. The molecule has 1 nitrogen and oxygen atoms in total. The quantitative estimate of drug-likeness (QED) is 0.837. The predicted molar refractivity (Wildman–Crippen MR) is 72.6 cm³/mol. The summed E-state index contributed by atoms with van der Waals surface area (Å²) in [5.41, 5.74) is 1.30. The third kappa shape index (κ3) is 3.29. The number of aryl methyl sites for hydroxylation is 2. The van der Waals surface area contributed by atoms with Gasteiger partial charge in [0.1, 0.15) is 0 Å². The van der Waals surface area contributed by atoms with E-state index in [1.165, 1.54) is 13.0 Å². The molecular formula is C14H14F3NS. The molecule has 0 aliphatic rings. The molecule has 5 heteroatoms. The highest BCUT2D eigenvalue weighted by Crippen LogP contribution is 2.33. The Hall–Kier alpha value is -1.49. The summed E-state index contributed by atoms with van der Waals surface area (Å²) in [6, 6.07) is 6.33. The smallest absolute Gasteiger partial charge is 0.380 e. The first-order valence-electron chi connectivity index (χ1n) is 5.82. The lowest BCUT2D eigenvalue weighted by Gasteiger charge is -2.13. The maximum atomic E-state index is 12.8. The van der Waals surface area contributed by atoms with Crippen molar-refractivity contribution in [3.8, 4) is 0 Å². The maximum Gasteiger partial charge on any atom is 0.416 e. The van der Waals surface area contributed by atoms with Crippen LogP contribution in [0.2, 0.25) is 0 Å². The Bertz CT molecular complexity index is 572. The molecule has 19 heavy (non-hydrogen) atoms. The second-order valence-electron chi connectivity index (χ2n) is 4.41. The van der Waals surface area contributed by atoms with E-state index >= 15 is 0 Å². The highest BCUT2D eigenvalue weighted by Gasteiger charge is 2.32. The second kappa shape index (κ2) is 5.25. The summed E-state index contributed by atoms with van der Waals surface area (Å²) in [4.78, 5) is 1.13. The van der Waals surface area contributed by atoms with Crippen LogP contribution in [0.1, 0.15) is 21.6 Å². The molecule has 102 valence electrons. The molecule has 1 heterocycles. The molecule has 1 aromatic carbocycles. The number of nitrogens with one attached hydrogen (secondary N) is 1. The minimum absolute atomic E-state index is 0.241. The van der Waals surface area contributed by atoms with E-state index in [0.29, 0.717) is 12.2 Å². The highest BCUT2D eigenvalue weighted by molar-refractivity contribution is 7.10. The monoisotopic (exact) mass is 285 g/mol. The number of hydrogen-bond donors (Lipinski definition) is 1. The van der Waals surface area contributed by atoms with Crippen molar-refractivity contribution < 1.29 is 13.2 Å². The van der Waals surface area contributed by atoms with Crippen LogP contribution in [0, 0.1) is 13.8 Å². The van der Waals surface area contributed by atoms with E-state index in [1.807, 2.05) is 18.4 Å². The largest absolute Gasteiger partial charge is 0.416 e. The summed E-state index contributed by atoms with van der Waals surface area (Å²) in [5, 5.41) is 5.01. The first-order valence-corrected chi connectivity index (χ1v) is 6.70. The van der Waals surface area contributed by atoms with Gasteiger partial charge in [0.25, 0.3) is 0 Å². The first kappa shape index (κ1) is 13.9. The van der Waals surface area contributed by atoms with Gasteiger partial charge in [-0.25, -0.2) is 0 Å². The molecule has 0 aliphatic carbocycles. The van der Waals surface area contributed by atoms with Gasteiger partial charge in [0.2, 0.25) is 0 Å². The van der Waals surface area contributed by atoms with Crippen LogP contribution in [0.4, 0.5) is 18.9 Å². The van der Waals surface area contributed by atoms with Gasteiger partial charge in [0, 0.05) is 17.1 Å². The van der Waals surface area contributed by atoms with Crippen LogP contribution in [0.25, 0.3) is 0 Å². The standard InChI is InChI=1S/C14H14F3NS/c1-9-3-4-11(7-12(9)14(15,16)17)18-8-13-10(2)5-6-19-13/h3-7,18H,8H2,1-2H3. The lowest BCUT2D eigenvalue weighted by Crippen LogP contribution is -2.08. The van der Waals surface area contributed by atoms with E-state index in [4.69, 9.17) is 0 Å². The minimum atomic E-state index is -4.30. The lowest BCUT2D eigenvalue weighted by molar-refractivity contribution is -0.138. The Morgan fingerprint density at radius 3 is 2.42 bits per heavy atom. The number of benzene rings is 1. The maximum absolute atomic E-state index is 12.8. The van der Waals surface area contributed by atoms with E-state index in [1.54, 1.807) is 17.4 Å². The van der Waals surface area contributed by atoms with Crippen molar-refractivity contribution in [1.29, 1.82) is 0 Å². The third-order valence-corrected chi connectivity index (χ3v) is 3.99. The van der Waals surface area contributed by atoms with Crippen LogP contribution in [-0.4, -0.2) is 0 Å². The molecule has 2 aromatic rings. The first-order chi connectivity index (χ1) is 8.88. The summed E-state index contributed by atoms with van der Waals surface area (Å²) in [5.74, 6) is 0. The zero-order chi connectivity index (χ0) is 14.0. The molecule has 2 rings (SSSR count). The topological polar surface area (TPSA) is 12.0 Å². The molecule has 0 bridgehead atoms. The molecule has 0 radical (unpaired) electrons. The van der Waals surface area contributed by atoms with Crippen LogP contribution >= 0.6 is 11.3 Å². The minimum Gasteiger partial charge on any atom is -0.380 e. The molecule has 0 fully saturated rings. The summed E-state index contributed by atoms with van der Waals surface area (Å²) >= 11 is 1.60.